The third-order valence-electron chi connectivity index (χ3n) is 17.7. The van der Waals surface area contributed by atoms with E-state index in [4.69, 9.17) is 24.3 Å². The second-order valence-corrected chi connectivity index (χ2v) is 27.7. The molecule has 506 valence electrons. The predicted molar refractivity (Wildman–Crippen MR) is 368 cm³/mol. The average molecular weight is 1220 g/mol. The van der Waals surface area contributed by atoms with Gasteiger partial charge < -0.3 is 20.1 Å². The Morgan fingerprint density at radius 1 is 0.341 bits per heavy atom. The zero-order valence-electron chi connectivity index (χ0n) is 57.1. The van der Waals surface area contributed by atoms with Crippen molar-refractivity contribution in [2.24, 2.45) is 5.73 Å². The number of phosphoric ester groups is 1. The highest BCUT2D eigenvalue weighted by Crippen LogP contribution is 2.43. The Bertz CT molecular complexity index is 1400. The molecule has 0 aliphatic heterocycles. The van der Waals surface area contributed by atoms with Gasteiger partial charge in [-0.1, -0.05) is 386 Å². The number of hydrogen-bond acceptors (Lipinski definition) is 8. The summed E-state index contributed by atoms with van der Waals surface area (Å²) in [4.78, 5) is 35.4. The first-order valence-electron chi connectivity index (χ1n) is 38.2. The first-order valence-corrected chi connectivity index (χ1v) is 39.7. The highest BCUT2D eigenvalue weighted by atomic mass is 31.2. The molecule has 0 saturated carbocycles. The van der Waals surface area contributed by atoms with Crippen molar-refractivity contribution >= 4 is 19.8 Å². The van der Waals surface area contributed by atoms with Crippen LogP contribution < -0.4 is 5.73 Å². The zero-order valence-corrected chi connectivity index (χ0v) is 58.0. The number of carbonyl (C=O) groups is 2. The lowest BCUT2D eigenvalue weighted by Gasteiger charge is -2.19. The summed E-state index contributed by atoms with van der Waals surface area (Å²) < 4.78 is 33.2. The lowest BCUT2D eigenvalue weighted by atomic mass is 10.0. The molecule has 0 amide bonds. The van der Waals surface area contributed by atoms with Crippen LogP contribution in [0.3, 0.4) is 0 Å². The van der Waals surface area contributed by atoms with E-state index in [1.54, 1.807) is 0 Å². The van der Waals surface area contributed by atoms with Crippen LogP contribution in [0.1, 0.15) is 425 Å². The first-order chi connectivity index (χ1) is 41.8. The number of esters is 2. The molecular formula is C75H148NO8P. The van der Waals surface area contributed by atoms with Crippen LogP contribution in [0.25, 0.3) is 0 Å². The van der Waals surface area contributed by atoms with Crippen LogP contribution in [0.5, 0.6) is 0 Å². The van der Waals surface area contributed by atoms with Gasteiger partial charge in [-0.05, 0) is 38.5 Å². The largest absolute Gasteiger partial charge is 0.472 e. The van der Waals surface area contributed by atoms with E-state index in [0.29, 0.717) is 6.42 Å². The topological polar surface area (TPSA) is 134 Å². The van der Waals surface area contributed by atoms with Gasteiger partial charge in [-0.15, -0.1) is 0 Å². The minimum atomic E-state index is -4.39. The van der Waals surface area contributed by atoms with E-state index in [1.165, 1.54) is 360 Å². The molecule has 0 aromatic rings. The lowest BCUT2D eigenvalue weighted by Crippen LogP contribution is -2.29. The molecule has 0 rings (SSSR count). The summed E-state index contributed by atoms with van der Waals surface area (Å²) in [6.45, 7) is 3.84. The summed E-state index contributed by atoms with van der Waals surface area (Å²) >= 11 is 0. The molecule has 0 aromatic heterocycles. The summed E-state index contributed by atoms with van der Waals surface area (Å²) in [5.74, 6) is -0.797. The molecule has 0 fully saturated rings. The van der Waals surface area contributed by atoms with Crippen molar-refractivity contribution in [1.82, 2.24) is 0 Å². The molecule has 0 radical (unpaired) electrons. The van der Waals surface area contributed by atoms with Crippen molar-refractivity contribution in [3.63, 3.8) is 0 Å². The summed E-state index contributed by atoms with van der Waals surface area (Å²) in [5, 5.41) is 0. The fourth-order valence-corrected chi connectivity index (χ4v) is 12.8. The molecule has 0 heterocycles. The van der Waals surface area contributed by atoms with Gasteiger partial charge >= 0.3 is 19.8 Å². The molecule has 0 bridgehead atoms. The Morgan fingerprint density at radius 3 is 0.835 bits per heavy atom. The van der Waals surface area contributed by atoms with Crippen molar-refractivity contribution in [1.29, 1.82) is 0 Å². The lowest BCUT2D eigenvalue weighted by molar-refractivity contribution is -0.161. The molecule has 2 atom stereocenters. The van der Waals surface area contributed by atoms with Gasteiger partial charge in [-0.25, -0.2) is 4.57 Å². The van der Waals surface area contributed by atoms with E-state index in [0.717, 1.165) is 32.1 Å². The third-order valence-corrected chi connectivity index (χ3v) is 18.6. The standard InChI is InChI=1S/C75H148NO8P/c1-3-5-7-9-11-13-15-17-19-21-23-25-27-29-31-33-34-35-36-37-38-40-42-44-46-48-50-52-54-56-58-60-62-64-66-68-75(78)84-73(72-83-85(79,80)82-70-69-76)71-81-74(77)67-65-63-61-59-57-55-53-51-49-47-45-43-41-39-32-30-28-26-24-22-20-18-16-14-12-10-8-6-4-2/h21,23,73H,3-20,22,24-72,76H2,1-2H3,(H,79,80)/b23-21-. The predicted octanol–water partition coefficient (Wildman–Crippen LogP) is 25.1. The number of phosphoric acid groups is 1. The normalized spacial score (nSPS) is 12.8. The number of unbranched alkanes of at least 4 members (excludes halogenated alkanes) is 59. The van der Waals surface area contributed by atoms with Gasteiger partial charge in [0, 0.05) is 19.4 Å². The van der Waals surface area contributed by atoms with Crippen LogP contribution in [0.4, 0.5) is 0 Å². The van der Waals surface area contributed by atoms with Gasteiger partial charge in [0.05, 0.1) is 13.2 Å². The monoisotopic (exact) mass is 1220 g/mol. The summed E-state index contributed by atoms with van der Waals surface area (Å²) in [6.07, 6.45) is 87.7. The molecule has 0 saturated heterocycles. The number of carbonyl (C=O) groups excluding carboxylic acids is 2. The number of hydrogen-bond donors (Lipinski definition) is 2. The molecular weight excluding hydrogens is 1070 g/mol. The van der Waals surface area contributed by atoms with E-state index in [1.807, 2.05) is 0 Å². The van der Waals surface area contributed by atoms with E-state index in [-0.39, 0.29) is 38.6 Å². The van der Waals surface area contributed by atoms with Crippen LogP contribution in [0.15, 0.2) is 12.2 Å². The van der Waals surface area contributed by atoms with Crippen molar-refractivity contribution in [3.05, 3.63) is 12.2 Å². The summed E-state index contributed by atoms with van der Waals surface area (Å²) in [6, 6.07) is 0. The molecule has 0 spiro atoms. The van der Waals surface area contributed by atoms with Crippen LogP contribution in [-0.4, -0.2) is 49.3 Å². The number of nitrogens with two attached hydrogens (primary N) is 1. The van der Waals surface area contributed by atoms with Gasteiger partial charge in [-0.3, -0.25) is 18.6 Å². The van der Waals surface area contributed by atoms with Crippen LogP contribution >= 0.6 is 7.82 Å². The third kappa shape index (κ3) is 71.7. The van der Waals surface area contributed by atoms with E-state index < -0.39 is 26.5 Å². The number of rotatable bonds is 74. The summed E-state index contributed by atoms with van der Waals surface area (Å²) in [5.41, 5.74) is 5.41. The summed E-state index contributed by atoms with van der Waals surface area (Å²) in [7, 11) is -4.39. The van der Waals surface area contributed by atoms with Gasteiger partial charge in [0.1, 0.15) is 6.61 Å². The number of allylic oxidation sites excluding steroid dienone is 2. The van der Waals surface area contributed by atoms with Crippen LogP contribution in [0, 0.1) is 0 Å². The van der Waals surface area contributed by atoms with E-state index in [9.17, 15) is 19.0 Å². The van der Waals surface area contributed by atoms with Gasteiger partial charge in [0.25, 0.3) is 0 Å². The maximum atomic E-state index is 12.8. The van der Waals surface area contributed by atoms with Gasteiger partial charge in [0.15, 0.2) is 6.10 Å². The average Bonchev–Trinajstić information content (AvgIpc) is 3.52. The van der Waals surface area contributed by atoms with E-state index in [2.05, 4.69) is 26.0 Å². The van der Waals surface area contributed by atoms with E-state index >= 15 is 0 Å². The molecule has 85 heavy (non-hydrogen) atoms. The second kappa shape index (κ2) is 71.8. The van der Waals surface area contributed by atoms with Crippen LogP contribution in [0.2, 0.25) is 0 Å². The van der Waals surface area contributed by atoms with Gasteiger partial charge in [0.2, 0.25) is 0 Å². The SMILES string of the molecule is CCCCCCCCCC/C=C\CCCCCCCCCCCCCCCCCCCCCCCCCC(=O)OC(COC(=O)CCCCCCCCCCCCCCCCCCCCCCCCCCCCCCC)COP(=O)(O)OCCN. The Morgan fingerprint density at radius 2 is 0.576 bits per heavy atom. The molecule has 2 unspecified atom stereocenters. The highest BCUT2D eigenvalue weighted by molar-refractivity contribution is 7.47. The smallest absolute Gasteiger partial charge is 0.462 e. The van der Waals surface area contributed by atoms with Crippen LogP contribution in [-0.2, 0) is 32.7 Å². The molecule has 9 nitrogen and oxygen atoms in total. The second-order valence-electron chi connectivity index (χ2n) is 26.2. The maximum Gasteiger partial charge on any atom is 0.472 e. The molecule has 0 aliphatic carbocycles. The van der Waals surface area contributed by atoms with Gasteiger partial charge in [-0.2, -0.15) is 0 Å². The molecule has 0 aliphatic rings. The molecule has 3 N–H and O–H groups in total. The molecule has 10 heteroatoms. The number of ether oxygens (including phenoxy) is 2. The Labute approximate surface area is 530 Å². The van der Waals surface area contributed by atoms with Crippen molar-refractivity contribution in [2.45, 2.75) is 431 Å². The Balaban J connectivity index is 3.76. The quantitative estimate of drug-likeness (QED) is 0.0264. The minimum absolute atomic E-state index is 0.0581. The zero-order chi connectivity index (χ0) is 61.6. The Hall–Kier alpha value is -1.25. The minimum Gasteiger partial charge on any atom is -0.462 e. The highest BCUT2D eigenvalue weighted by Gasteiger charge is 2.26. The molecule has 0 aromatic carbocycles. The first kappa shape index (κ1) is 83.8. The van der Waals surface area contributed by atoms with Crippen molar-refractivity contribution in [3.8, 4) is 0 Å². The maximum absolute atomic E-state index is 12.8. The fraction of sp³-hybridized carbons (Fsp3) is 0.947. The van der Waals surface area contributed by atoms with Crippen molar-refractivity contribution < 1.29 is 37.6 Å². The Kier molecular flexibility index (Phi) is 70.8. The fourth-order valence-electron chi connectivity index (χ4n) is 12.0. The van der Waals surface area contributed by atoms with Crippen molar-refractivity contribution in [2.75, 3.05) is 26.4 Å².